The second kappa shape index (κ2) is 7.53. The van der Waals surface area contributed by atoms with Crippen LogP contribution in [0, 0.1) is 5.82 Å². The summed E-state index contributed by atoms with van der Waals surface area (Å²) in [6.07, 6.45) is 0.591. The molecule has 0 spiro atoms. The largest absolute Gasteiger partial charge is 0.496 e. The number of halogens is 1. The van der Waals surface area contributed by atoms with Gasteiger partial charge in [-0.05, 0) is 31.5 Å². The quantitative estimate of drug-likeness (QED) is 0.838. The van der Waals surface area contributed by atoms with E-state index in [-0.39, 0.29) is 28.4 Å². The minimum absolute atomic E-state index is 0.0234. The van der Waals surface area contributed by atoms with Crippen molar-refractivity contribution in [1.29, 1.82) is 0 Å². The van der Waals surface area contributed by atoms with Crippen LogP contribution in [0.1, 0.15) is 24.9 Å². The van der Waals surface area contributed by atoms with Crippen LogP contribution in [-0.2, 0) is 14.6 Å². The van der Waals surface area contributed by atoms with E-state index in [2.05, 4.69) is 5.32 Å². The van der Waals surface area contributed by atoms with E-state index < -0.39 is 21.7 Å². The molecule has 1 aliphatic heterocycles. The number of hydrogen-bond acceptors (Lipinski definition) is 5. The van der Waals surface area contributed by atoms with Crippen molar-refractivity contribution in [2.45, 2.75) is 24.6 Å². The van der Waals surface area contributed by atoms with Gasteiger partial charge < -0.3 is 10.1 Å². The van der Waals surface area contributed by atoms with Gasteiger partial charge in [-0.25, -0.2) is 12.8 Å². The number of sulfone groups is 1. The highest BCUT2D eigenvalue weighted by atomic mass is 32.2. The lowest BCUT2D eigenvalue weighted by atomic mass is 10.1. The fourth-order valence-electron chi connectivity index (χ4n) is 2.49. The topological polar surface area (TPSA) is 72.5 Å². The van der Waals surface area contributed by atoms with Crippen LogP contribution in [0.2, 0.25) is 0 Å². The second-order valence-corrected chi connectivity index (χ2v) is 9.03. The molecule has 1 fully saturated rings. The zero-order chi connectivity index (χ0) is 17.0. The molecule has 8 heteroatoms. The van der Waals surface area contributed by atoms with E-state index in [0.717, 1.165) is 0 Å². The molecule has 0 radical (unpaired) electrons. The van der Waals surface area contributed by atoms with Crippen molar-refractivity contribution in [2.24, 2.45) is 0 Å². The Bertz CT molecular complexity index is 678. The number of hydrogen-bond donors (Lipinski definition) is 1. The van der Waals surface area contributed by atoms with Gasteiger partial charge in [0.15, 0.2) is 9.84 Å². The molecular weight excluding hydrogens is 341 g/mol. The average molecular weight is 361 g/mol. The molecule has 0 bridgehead atoms. The van der Waals surface area contributed by atoms with Gasteiger partial charge in [-0.3, -0.25) is 4.79 Å². The SMILES string of the molecule is COc1ccc(F)cc1[C@@H](C)NC(=O)CS[C@H]1CCS(=O)(=O)C1. The molecule has 0 aromatic heterocycles. The molecular formula is C15H20FNO4S2. The molecule has 0 aliphatic carbocycles. The summed E-state index contributed by atoms with van der Waals surface area (Å²) in [5.41, 5.74) is 0.564. The van der Waals surface area contributed by atoms with Crippen molar-refractivity contribution >= 4 is 27.5 Å². The molecule has 128 valence electrons. The Kier molecular flexibility index (Phi) is 5.91. The number of methoxy groups -OCH3 is 1. The third kappa shape index (κ3) is 5.10. The third-order valence-electron chi connectivity index (χ3n) is 3.68. The number of carbonyl (C=O) groups excluding carboxylic acids is 1. The van der Waals surface area contributed by atoms with Crippen LogP contribution >= 0.6 is 11.8 Å². The number of amides is 1. The summed E-state index contributed by atoms with van der Waals surface area (Å²) in [4.78, 5) is 12.0. The number of ether oxygens (including phenoxy) is 1. The first kappa shape index (κ1) is 18.1. The smallest absolute Gasteiger partial charge is 0.230 e. The van der Waals surface area contributed by atoms with E-state index in [1.165, 1.54) is 37.1 Å². The fraction of sp³-hybridized carbons (Fsp3) is 0.533. The Hall–Kier alpha value is -1.28. The first-order valence-electron chi connectivity index (χ1n) is 7.25. The van der Waals surface area contributed by atoms with Crippen molar-refractivity contribution in [1.82, 2.24) is 5.32 Å². The van der Waals surface area contributed by atoms with Gasteiger partial charge in [-0.15, -0.1) is 11.8 Å². The summed E-state index contributed by atoms with van der Waals surface area (Å²) in [7, 11) is -1.45. The van der Waals surface area contributed by atoms with Crippen molar-refractivity contribution in [3.63, 3.8) is 0 Å². The highest BCUT2D eigenvalue weighted by Gasteiger charge is 2.28. The maximum absolute atomic E-state index is 13.4. The molecule has 1 aromatic carbocycles. The molecule has 1 aliphatic rings. The monoisotopic (exact) mass is 361 g/mol. The summed E-state index contributed by atoms with van der Waals surface area (Å²) >= 11 is 1.35. The highest BCUT2D eigenvalue weighted by Crippen LogP contribution is 2.27. The van der Waals surface area contributed by atoms with Crippen LogP contribution in [0.4, 0.5) is 4.39 Å². The minimum Gasteiger partial charge on any atom is -0.496 e. The van der Waals surface area contributed by atoms with Gasteiger partial charge in [-0.1, -0.05) is 0 Å². The lowest BCUT2D eigenvalue weighted by molar-refractivity contribution is -0.119. The van der Waals surface area contributed by atoms with Crippen LogP contribution in [0.5, 0.6) is 5.75 Å². The number of carbonyl (C=O) groups is 1. The molecule has 1 amide bonds. The van der Waals surface area contributed by atoms with Crippen molar-refractivity contribution < 1.29 is 22.3 Å². The van der Waals surface area contributed by atoms with E-state index in [4.69, 9.17) is 4.74 Å². The van der Waals surface area contributed by atoms with E-state index in [1.807, 2.05) is 0 Å². The summed E-state index contributed by atoms with van der Waals surface area (Å²) in [5, 5.41) is 2.76. The van der Waals surface area contributed by atoms with Crippen molar-refractivity contribution in [3.8, 4) is 5.75 Å². The Morgan fingerprint density at radius 1 is 1.52 bits per heavy atom. The molecule has 1 saturated heterocycles. The molecule has 1 aromatic rings. The Morgan fingerprint density at radius 2 is 2.26 bits per heavy atom. The predicted octanol–water partition coefficient (Wildman–Crippen LogP) is 1.93. The van der Waals surface area contributed by atoms with Crippen LogP contribution < -0.4 is 10.1 Å². The van der Waals surface area contributed by atoms with Gasteiger partial charge in [0.25, 0.3) is 0 Å². The van der Waals surface area contributed by atoms with E-state index in [0.29, 0.717) is 17.7 Å². The maximum Gasteiger partial charge on any atom is 0.230 e. The normalized spacial score (nSPS) is 20.9. The zero-order valence-corrected chi connectivity index (χ0v) is 14.7. The molecule has 0 saturated carbocycles. The minimum atomic E-state index is -2.93. The second-order valence-electron chi connectivity index (χ2n) is 5.51. The standard InChI is InChI=1S/C15H20FNO4S2/c1-10(13-7-11(16)3-4-14(13)21-2)17-15(18)8-22-12-5-6-23(19,20)9-12/h3-4,7,10,12H,5-6,8-9H2,1-2H3,(H,17,18)/t10-,12+/m1/s1. The summed E-state index contributed by atoms with van der Waals surface area (Å²) in [6, 6.07) is 3.75. The van der Waals surface area contributed by atoms with Gasteiger partial charge in [0.1, 0.15) is 11.6 Å². The van der Waals surface area contributed by atoms with E-state index >= 15 is 0 Å². The van der Waals surface area contributed by atoms with Gasteiger partial charge in [-0.2, -0.15) is 0 Å². The summed E-state index contributed by atoms with van der Waals surface area (Å²) < 4.78 is 41.3. The summed E-state index contributed by atoms with van der Waals surface area (Å²) in [6.45, 7) is 1.75. The third-order valence-corrected chi connectivity index (χ3v) is 6.96. The first-order valence-corrected chi connectivity index (χ1v) is 10.1. The van der Waals surface area contributed by atoms with Gasteiger partial charge in [0, 0.05) is 10.8 Å². The molecule has 1 N–H and O–H groups in total. The molecule has 0 unspecified atom stereocenters. The predicted molar refractivity (Wildman–Crippen MR) is 89.0 cm³/mol. The van der Waals surface area contributed by atoms with Crippen molar-refractivity contribution in [3.05, 3.63) is 29.6 Å². The maximum atomic E-state index is 13.4. The fourth-order valence-corrected chi connectivity index (χ4v) is 5.94. The van der Waals surface area contributed by atoms with E-state index in [9.17, 15) is 17.6 Å². The Balaban J connectivity index is 1.89. The number of thioether (sulfide) groups is 1. The average Bonchev–Trinajstić information content (AvgIpc) is 2.84. The summed E-state index contributed by atoms with van der Waals surface area (Å²) in [5.74, 6) is 0.420. The van der Waals surface area contributed by atoms with E-state index in [1.54, 1.807) is 6.92 Å². The van der Waals surface area contributed by atoms with Crippen LogP contribution in [0.3, 0.4) is 0 Å². The van der Waals surface area contributed by atoms with Crippen molar-refractivity contribution in [2.75, 3.05) is 24.4 Å². The van der Waals surface area contributed by atoms with Crippen LogP contribution in [0.25, 0.3) is 0 Å². The molecule has 2 rings (SSSR count). The Labute approximate surface area is 139 Å². The lowest BCUT2D eigenvalue weighted by Crippen LogP contribution is -2.29. The number of nitrogens with one attached hydrogen (secondary N) is 1. The highest BCUT2D eigenvalue weighted by molar-refractivity contribution is 8.02. The first-order chi connectivity index (χ1) is 10.8. The molecule has 2 atom stereocenters. The molecule has 1 heterocycles. The van der Waals surface area contributed by atoms with Gasteiger partial charge in [0.2, 0.25) is 5.91 Å². The number of rotatable bonds is 6. The molecule has 5 nitrogen and oxygen atoms in total. The number of benzene rings is 1. The molecule has 23 heavy (non-hydrogen) atoms. The van der Waals surface area contributed by atoms with Crippen LogP contribution in [0.15, 0.2) is 18.2 Å². The zero-order valence-electron chi connectivity index (χ0n) is 13.0. The lowest BCUT2D eigenvalue weighted by Gasteiger charge is -2.18. The van der Waals surface area contributed by atoms with Crippen LogP contribution in [-0.4, -0.2) is 43.9 Å². The Morgan fingerprint density at radius 3 is 2.87 bits per heavy atom. The van der Waals surface area contributed by atoms with Gasteiger partial charge in [0.05, 0.1) is 30.4 Å². The van der Waals surface area contributed by atoms with Gasteiger partial charge >= 0.3 is 0 Å².